The van der Waals surface area contributed by atoms with Crippen molar-refractivity contribution in [2.24, 2.45) is 0 Å². The van der Waals surface area contributed by atoms with E-state index in [0.29, 0.717) is 6.42 Å². The largest absolute Gasteiger partial charge is 0.454 e. The lowest BCUT2D eigenvalue weighted by Gasteiger charge is -2.10. The van der Waals surface area contributed by atoms with Crippen molar-refractivity contribution in [1.29, 1.82) is 0 Å². The monoisotopic (exact) mass is 198 g/mol. The third-order valence-electron chi connectivity index (χ3n) is 1.48. The number of rotatable bonds is 5. The van der Waals surface area contributed by atoms with Gasteiger partial charge >= 0.3 is 5.97 Å². The van der Waals surface area contributed by atoms with Crippen LogP contribution in [0.15, 0.2) is 12.2 Å². The number of esters is 1. The van der Waals surface area contributed by atoms with Gasteiger partial charge in [-0.3, -0.25) is 14.4 Å². The molecular weight excluding hydrogens is 184 g/mol. The fraction of sp³-hybridized carbons (Fsp3) is 0.500. The van der Waals surface area contributed by atoms with E-state index < -0.39 is 12.1 Å². The molecule has 0 bridgehead atoms. The summed E-state index contributed by atoms with van der Waals surface area (Å²) in [6, 6.07) is 0. The molecule has 0 amide bonds. The summed E-state index contributed by atoms with van der Waals surface area (Å²) < 4.78 is 4.74. The molecule has 0 spiro atoms. The van der Waals surface area contributed by atoms with Gasteiger partial charge in [0.1, 0.15) is 0 Å². The second-order valence-corrected chi connectivity index (χ2v) is 2.85. The lowest BCUT2D eigenvalue weighted by Crippen LogP contribution is -2.24. The maximum absolute atomic E-state index is 11.3. The van der Waals surface area contributed by atoms with Gasteiger partial charge in [0.15, 0.2) is 17.7 Å². The first-order valence-electron chi connectivity index (χ1n) is 4.37. The van der Waals surface area contributed by atoms with E-state index in [9.17, 15) is 14.4 Å². The lowest BCUT2D eigenvalue weighted by molar-refractivity contribution is -0.151. The molecule has 0 radical (unpaired) electrons. The molecule has 0 N–H and O–H groups in total. The number of ketones is 2. The molecule has 0 aliphatic heterocycles. The lowest BCUT2D eigenvalue weighted by atomic mass is 10.1. The molecule has 14 heavy (non-hydrogen) atoms. The zero-order valence-corrected chi connectivity index (χ0v) is 8.57. The Balaban J connectivity index is 4.31. The Bertz CT molecular complexity index is 265. The van der Waals surface area contributed by atoms with E-state index in [-0.39, 0.29) is 11.6 Å². The Morgan fingerprint density at radius 3 is 2.14 bits per heavy atom. The van der Waals surface area contributed by atoms with Crippen LogP contribution in [0, 0.1) is 0 Å². The molecule has 0 saturated carbocycles. The summed E-state index contributed by atoms with van der Waals surface area (Å²) >= 11 is 0. The summed E-state index contributed by atoms with van der Waals surface area (Å²) in [4.78, 5) is 32.4. The Morgan fingerprint density at radius 2 is 1.79 bits per heavy atom. The van der Waals surface area contributed by atoms with Crippen LogP contribution in [-0.2, 0) is 19.1 Å². The third kappa shape index (κ3) is 5.24. The normalized spacial score (nSPS) is 12.5. The Labute approximate surface area is 82.9 Å². The number of hydrogen-bond donors (Lipinski definition) is 0. The first kappa shape index (κ1) is 12.6. The van der Waals surface area contributed by atoms with Crippen LogP contribution >= 0.6 is 0 Å². The zero-order valence-electron chi connectivity index (χ0n) is 8.57. The molecule has 4 heteroatoms. The topological polar surface area (TPSA) is 60.4 Å². The minimum atomic E-state index is -0.775. The number of ether oxygens (including phenoxy) is 1. The fourth-order valence-corrected chi connectivity index (χ4v) is 0.850. The van der Waals surface area contributed by atoms with Gasteiger partial charge in [-0.1, -0.05) is 6.92 Å². The van der Waals surface area contributed by atoms with Gasteiger partial charge in [-0.25, -0.2) is 0 Å². The Kier molecular flexibility index (Phi) is 5.44. The summed E-state index contributed by atoms with van der Waals surface area (Å²) in [6.45, 7) is 4.31. The minimum absolute atomic E-state index is 0.212. The SMILES string of the molecule is CCC(OC(C)=O)C(=O)/C=C/C(C)=O. The predicted molar refractivity (Wildman–Crippen MR) is 50.7 cm³/mol. The van der Waals surface area contributed by atoms with E-state index in [1.165, 1.54) is 13.8 Å². The van der Waals surface area contributed by atoms with Crippen molar-refractivity contribution in [2.45, 2.75) is 33.3 Å². The highest BCUT2D eigenvalue weighted by atomic mass is 16.5. The van der Waals surface area contributed by atoms with Gasteiger partial charge in [0.25, 0.3) is 0 Å². The van der Waals surface area contributed by atoms with Crippen molar-refractivity contribution >= 4 is 17.5 Å². The van der Waals surface area contributed by atoms with Gasteiger partial charge in [0.05, 0.1) is 0 Å². The summed E-state index contributed by atoms with van der Waals surface area (Å²) in [5, 5.41) is 0. The van der Waals surface area contributed by atoms with Gasteiger partial charge < -0.3 is 4.74 Å². The van der Waals surface area contributed by atoms with E-state index >= 15 is 0 Å². The molecule has 0 heterocycles. The quantitative estimate of drug-likeness (QED) is 0.489. The van der Waals surface area contributed by atoms with E-state index in [0.717, 1.165) is 12.2 Å². The summed E-state index contributed by atoms with van der Waals surface area (Å²) in [7, 11) is 0. The van der Waals surface area contributed by atoms with Crippen molar-refractivity contribution in [1.82, 2.24) is 0 Å². The third-order valence-corrected chi connectivity index (χ3v) is 1.48. The van der Waals surface area contributed by atoms with Crippen LogP contribution < -0.4 is 0 Å². The number of allylic oxidation sites excluding steroid dienone is 1. The van der Waals surface area contributed by atoms with E-state index in [2.05, 4.69) is 0 Å². The molecule has 1 unspecified atom stereocenters. The fourth-order valence-electron chi connectivity index (χ4n) is 0.850. The molecule has 1 atom stereocenters. The van der Waals surface area contributed by atoms with Crippen molar-refractivity contribution < 1.29 is 19.1 Å². The zero-order chi connectivity index (χ0) is 11.1. The van der Waals surface area contributed by atoms with Crippen molar-refractivity contribution in [2.75, 3.05) is 0 Å². The molecule has 4 nitrogen and oxygen atoms in total. The average molecular weight is 198 g/mol. The Morgan fingerprint density at radius 1 is 1.21 bits per heavy atom. The summed E-state index contributed by atoms with van der Waals surface area (Å²) in [5.41, 5.74) is 0. The number of hydrogen-bond acceptors (Lipinski definition) is 4. The van der Waals surface area contributed by atoms with Crippen molar-refractivity contribution in [3.63, 3.8) is 0 Å². The Hall–Kier alpha value is -1.45. The molecule has 0 aromatic carbocycles. The minimum Gasteiger partial charge on any atom is -0.454 e. The number of carbonyl (C=O) groups is 3. The predicted octanol–water partition coefficient (Wildman–Crippen LogP) is 1.04. The first-order valence-corrected chi connectivity index (χ1v) is 4.37. The maximum atomic E-state index is 11.3. The van der Waals surface area contributed by atoms with Crippen LogP contribution in [0.5, 0.6) is 0 Å². The molecule has 0 aliphatic carbocycles. The van der Waals surface area contributed by atoms with E-state index in [1.807, 2.05) is 0 Å². The van der Waals surface area contributed by atoms with Gasteiger partial charge in [0, 0.05) is 6.92 Å². The van der Waals surface area contributed by atoms with E-state index in [1.54, 1.807) is 6.92 Å². The molecule has 78 valence electrons. The second kappa shape index (κ2) is 6.07. The van der Waals surface area contributed by atoms with Gasteiger partial charge in [-0.05, 0) is 25.5 Å². The van der Waals surface area contributed by atoms with Gasteiger partial charge in [-0.15, -0.1) is 0 Å². The highest BCUT2D eigenvalue weighted by molar-refractivity contribution is 6.00. The smallest absolute Gasteiger partial charge is 0.303 e. The van der Waals surface area contributed by atoms with Crippen LogP contribution in [0.3, 0.4) is 0 Å². The molecule has 0 saturated heterocycles. The molecule has 0 aromatic rings. The van der Waals surface area contributed by atoms with Crippen molar-refractivity contribution in [3.05, 3.63) is 12.2 Å². The van der Waals surface area contributed by atoms with Crippen molar-refractivity contribution in [3.8, 4) is 0 Å². The number of carbonyl (C=O) groups excluding carboxylic acids is 3. The average Bonchev–Trinajstić information content (AvgIpc) is 2.09. The van der Waals surface area contributed by atoms with Crippen LogP contribution in [0.25, 0.3) is 0 Å². The van der Waals surface area contributed by atoms with E-state index in [4.69, 9.17) is 4.74 Å². The summed E-state index contributed by atoms with van der Waals surface area (Å²) in [5.74, 6) is -1.07. The van der Waals surface area contributed by atoms with Crippen LogP contribution in [0.1, 0.15) is 27.2 Å². The van der Waals surface area contributed by atoms with Crippen LogP contribution in [0.4, 0.5) is 0 Å². The van der Waals surface area contributed by atoms with Gasteiger partial charge in [-0.2, -0.15) is 0 Å². The second-order valence-electron chi connectivity index (χ2n) is 2.85. The first-order chi connectivity index (χ1) is 6.47. The standard InChI is InChI=1S/C10H14O4/c1-4-10(14-8(3)12)9(13)6-5-7(2)11/h5-6,10H,4H2,1-3H3/b6-5+. The van der Waals surface area contributed by atoms with Crippen LogP contribution in [-0.4, -0.2) is 23.6 Å². The van der Waals surface area contributed by atoms with Gasteiger partial charge in [0.2, 0.25) is 0 Å². The van der Waals surface area contributed by atoms with Crippen LogP contribution in [0.2, 0.25) is 0 Å². The highest BCUT2D eigenvalue weighted by Gasteiger charge is 2.16. The summed E-state index contributed by atoms with van der Waals surface area (Å²) in [6.07, 6.45) is 1.93. The maximum Gasteiger partial charge on any atom is 0.303 e. The molecule has 0 rings (SSSR count). The molecule has 0 aliphatic rings. The molecule has 0 aromatic heterocycles. The molecular formula is C10H14O4. The molecule has 0 fully saturated rings. The highest BCUT2D eigenvalue weighted by Crippen LogP contribution is 2.01.